The number of methoxy groups -OCH3 is 1. The molecule has 2 aromatic rings. The maximum atomic E-state index is 5.41. The van der Waals surface area contributed by atoms with Crippen LogP contribution in [0.15, 0.2) is 24.5 Å². The first-order valence-electron chi connectivity index (χ1n) is 6.43. The van der Waals surface area contributed by atoms with Crippen LogP contribution in [0.3, 0.4) is 0 Å². The lowest BCUT2D eigenvalue weighted by atomic mass is 10.0. The Bertz CT molecular complexity index is 510. The fourth-order valence-electron chi connectivity index (χ4n) is 2.06. The van der Waals surface area contributed by atoms with Crippen molar-refractivity contribution in [2.45, 2.75) is 26.3 Å². The molecule has 102 valence electrons. The van der Waals surface area contributed by atoms with Gasteiger partial charge in [0.05, 0.1) is 7.11 Å². The van der Waals surface area contributed by atoms with Gasteiger partial charge in [-0.2, -0.15) is 5.10 Å². The van der Waals surface area contributed by atoms with Crippen molar-refractivity contribution in [3.8, 4) is 5.75 Å². The van der Waals surface area contributed by atoms with Crippen LogP contribution in [0.2, 0.25) is 0 Å². The minimum atomic E-state index is 0.234. The monoisotopic (exact) mass is 260 g/mol. The quantitative estimate of drug-likeness (QED) is 0.834. The van der Waals surface area contributed by atoms with Crippen molar-refractivity contribution < 1.29 is 4.74 Å². The third-order valence-corrected chi connectivity index (χ3v) is 3.13. The molecule has 0 aliphatic carbocycles. The number of hydrogen-bond donors (Lipinski definition) is 2. The molecule has 0 bridgehead atoms. The van der Waals surface area contributed by atoms with Crippen molar-refractivity contribution in [2.75, 3.05) is 13.7 Å². The Morgan fingerprint density at radius 3 is 2.95 bits per heavy atom. The minimum Gasteiger partial charge on any atom is -0.496 e. The smallest absolute Gasteiger partial charge is 0.137 e. The number of H-pyrrole nitrogens is 1. The molecule has 0 radical (unpaired) electrons. The molecule has 0 fully saturated rings. The molecule has 0 saturated heterocycles. The van der Waals surface area contributed by atoms with E-state index in [1.54, 1.807) is 7.11 Å². The number of rotatable bonds is 6. The Morgan fingerprint density at radius 1 is 1.42 bits per heavy atom. The fraction of sp³-hybridized carbons (Fsp3) is 0.429. The van der Waals surface area contributed by atoms with Crippen molar-refractivity contribution in [1.82, 2.24) is 20.5 Å². The molecule has 2 N–H and O–H groups in total. The number of hydrogen-bond acceptors (Lipinski definition) is 4. The van der Waals surface area contributed by atoms with E-state index in [9.17, 15) is 0 Å². The second kappa shape index (κ2) is 6.33. The summed E-state index contributed by atoms with van der Waals surface area (Å²) in [4.78, 5) is 4.10. The zero-order chi connectivity index (χ0) is 13.7. The number of aromatic nitrogens is 3. The lowest BCUT2D eigenvalue weighted by molar-refractivity contribution is 0.401. The predicted molar refractivity (Wildman–Crippen MR) is 74.2 cm³/mol. The zero-order valence-electron chi connectivity index (χ0n) is 11.6. The molecule has 0 aliphatic rings. The molecule has 2 rings (SSSR count). The standard InChI is InChI=1S/C14H20N4O/c1-10-4-5-13(19-3)12(8-10)11(2)15-7-6-14-16-9-17-18-14/h4-5,8-9,11,15H,6-7H2,1-3H3,(H,16,17,18). The Labute approximate surface area is 113 Å². The van der Waals surface area contributed by atoms with Gasteiger partial charge >= 0.3 is 0 Å². The van der Waals surface area contributed by atoms with Gasteiger partial charge in [0.2, 0.25) is 0 Å². The summed E-state index contributed by atoms with van der Waals surface area (Å²) in [6.07, 6.45) is 2.36. The van der Waals surface area contributed by atoms with Crippen LogP contribution in [0.4, 0.5) is 0 Å². The molecule has 0 saturated carbocycles. The van der Waals surface area contributed by atoms with Gasteiger partial charge < -0.3 is 10.1 Å². The van der Waals surface area contributed by atoms with E-state index in [2.05, 4.69) is 46.5 Å². The Balaban J connectivity index is 1.95. The summed E-state index contributed by atoms with van der Waals surface area (Å²) < 4.78 is 5.41. The van der Waals surface area contributed by atoms with Crippen LogP contribution in [-0.2, 0) is 6.42 Å². The third kappa shape index (κ3) is 3.54. The molecule has 5 nitrogen and oxygen atoms in total. The first-order chi connectivity index (χ1) is 9.20. The number of aromatic amines is 1. The number of aryl methyl sites for hydroxylation is 1. The van der Waals surface area contributed by atoms with Crippen molar-refractivity contribution in [3.05, 3.63) is 41.5 Å². The molecule has 0 aliphatic heterocycles. The Kier molecular flexibility index (Phi) is 4.52. The molecule has 1 unspecified atom stereocenters. The highest BCUT2D eigenvalue weighted by atomic mass is 16.5. The highest BCUT2D eigenvalue weighted by molar-refractivity contribution is 5.38. The summed E-state index contributed by atoms with van der Waals surface area (Å²) in [7, 11) is 1.70. The number of nitrogens with zero attached hydrogens (tertiary/aromatic N) is 2. The van der Waals surface area contributed by atoms with Gasteiger partial charge in [0, 0.05) is 24.6 Å². The maximum absolute atomic E-state index is 5.41. The van der Waals surface area contributed by atoms with Gasteiger partial charge in [0.1, 0.15) is 17.9 Å². The average Bonchev–Trinajstić information content (AvgIpc) is 2.91. The molecule has 1 heterocycles. The molecule has 1 aromatic carbocycles. The van der Waals surface area contributed by atoms with E-state index in [1.165, 1.54) is 17.5 Å². The second-order valence-electron chi connectivity index (χ2n) is 4.60. The van der Waals surface area contributed by atoms with Crippen LogP contribution in [0.5, 0.6) is 5.75 Å². The molecule has 19 heavy (non-hydrogen) atoms. The number of ether oxygens (including phenoxy) is 1. The van der Waals surface area contributed by atoms with E-state index in [1.807, 2.05) is 6.07 Å². The lowest BCUT2D eigenvalue weighted by Crippen LogP contribution is -2.22. The van der Waals surface area contributed by atoms with Crippen LogP contribution < -0.4 is 10.1 Å². The van der Waals surface area contributed by atoms with Gasteiger partial charge in [-0.25, -0.2) is 4.98 Å². The maximum Gasteiger partial charge on any atom is 0.137 e. The number of nitrogens with one attached hydrogen (secondary N) is 2. The van der Waals surface area contributed by atoms with Crippen LogP contribution in [-0.4, -0.2) is 28.8 Å². The fourth-order valence-corrected chi connectivity index (χ4v) is 2.06. The van der Waals surface area contributed by atoms with Crippen molar-refractivity contribution in [3.63, 3.8) is 0 Å². The first-order valence-corrected chi connectivity index (χ1v) is 6.43. The molecule has 1 atom stereocenters. The highest BCUT2D eigenvalue weighted by Gasteiger charge is 2.11. The molecule has 0 spiro atoms. The van der Waals surface area contributed by atoms with Gasteiger partial charge in [0.15, 0.2) is 0 Å². The van der Waals surface area contributed by atoms with E-state index in [0.29, 0.717) is 0 Å². The van der Waals surface area contributed by atoms with Crippen molar-refractivity contribution in [2.24, 2.45) is 0 Å². The van der Waals surface area contributed by atoms with Crippen LogP contribution in [0.25, 0.3) is 0 Å². The molecule has 1 aromatic heterocycles. The Hall–Kier alpha value is -1.88. The summed E-state index contributed by atoms with van der Waals surface area (Å²) in [6.45, 7) is 5.06. The molecular formula is C14H20N4O. The van der Waals surface area contributed by atoms with Gasteiger partial charge in [0.25, 0.3) is 0 Å². The third-order valence-electron chi connectivity index (χ3n) is 3.13. The summed E-state index contributed by atoms with van der Waals surface area (Å²) in [5, 5.41) is 10.2. The summed E-state index contributed by atoms with van der Waals surface area (Å²) in [5.41, 5.74) is 2.42. The molecule has 0 amide bonds. The van der Waals surface area contributed by atoms with E-state index in [-0.39, 0.29) is 6.04 Å². The van der Waals surface area contributed by atoms with Crippen LogP contribution in [0, 0.1) is 6.92 Å². The predicted octanol–water partition coefficient (Wildman–Crippen LogP) is 2.02. The van der Waals surface area contributed by atoms with Crippen molar-refractivity contribution in [1.29, 1.82) is 0 Å². The minimum absolute atomic E-state index is 0.234. The van der Waals surface area contributed by atoms with Crippen molar-refractivity contribution >= 4 is 0 Å². The number of benzene rings is 1. The van der Waals surface area contributed by atoms with E-state index >= 15 is 0 Å². The largest absolute Gasteiger partial charge is 0.496 e. The first kappa shape index (κ1) is 13.5. The van der Waals surface area contributed by atoms with Crippen LogP contribution >= 0.6 is 0 Å². The van der Waals surface area contributed by atoms with E-state index < -0.39 is 0 Å². The van der Waals surface area contributed by atoms with Gasteiger partial charge in [-0.1, -0.05) is 17.7 Å². The zero-order valence-corrected chi connectivity index (χ0v) is 11.6. The lowest BCUT2D eigenvalue weighted by Gasteiger charge is -2.17. The van der Waals surface area contributed by atoms with Crippen LogP contribution in [0.1, 0.15) is 29.9 Å². The van der Waals surface area contributed by atoms with E-state index in [0.717, 1.165) is 24.5 Å². The summed E-state index contributed by atoms with van der Waals surface area (Å²) in [5.74, 6) is 1.82. The topological polar surface area (TPSA) is 62.8 Å². The summed E-state index contributed by atoms with van der Waals surface area (Å²) in [6, 6.07) is 6.46. The van der Waals surface area contributed by atoms with E-state index in [4.69, 9.17) is 4.74 Å². The summed E-state index contributed by atoms with van der Waals surface area (Å²) >= 11 is 0. The molecule has 5 heteroatoms. The molecular weight excluding hydrogens is 240 g/mol. The highest BCUT2D eigenvalue weighted by Crippen LogP contribution is 2.25. The normalized spacial score (nSPS) is 12.4. The van der Waals surface area contributed by atoms with Gasteiger partial charge in [-0.3, -0.25) is 5.10 Å². The SMILES string of the molecule is COc1ccc(C)cc1C(C)NCCc1ncn[nH]1. The average molecular weight is 260 g/mol. The van der Waals surface area contributed by atoms with Gasteiger partial charge in [-0.05, 0) is 19.9 Å². The Morgan fingerprint density at radius 2 is 2.26 bits per heavy atom. The second-order valence-corrected chi connectivity index (χ2v) is 4.60. The van der Waals surface area contributed by atoms with Gasteiger partial charge in [-0.15, -0.1) is 0 Å².